The number of methoxy groups -OCH3 is 2. The van der Waals surface area contributed by atoms with Crippen LogP contribution in [0, 0.1) is 0 Å². The summed E-state index contributed by atoms with van der Waals surface area (Å²) in [6.07, 6.45) is 3.82. The summed E-state index contributed by atoms with van der Waals surface area (Å²) in [4.78, 5) is 16.1. The maximum Gasteiger partial charge on any atom is 0.272 e. The Kier molecular flexibility index (Phi) is 9.86. The molecule has 1 amide bonds. The van der Waals surface area contributed by atoms with Crippen molar-refractivity contribution in [1.82, 2.24) is 14.8 Å². The number of para-hydroxylation sites is 1. The highest BCUT2D eigenvalue weighted by Crippen LogP contribution is 2.38. The van der Waals surface area contributed by atoms with Crippen LogP contribution in [-0.4, -0.2) is 74.6 Å². The Morgan fingerprint density at radius 3 is 2.67 bits per heavy atom. The van der Waals surface area contributed by atoms with Crippen LogP contribution in [0.2, 0.25) is 5.02 Å². The predicted octanol–water partition coefficient (Wildman–Crippen LogP) is 4.35. The number of amides is 1. The number of nitrogens with zero attached hydrogens (tertiary/aromatic N) is 2. The van der Waals surface area contributed by atoms with E-state index in [9.17, 15) is 4.79 Å². The van der Waals surface area contributed by atoms with Crippen molar-refractivity contribution in [3.63, 3.8) is 0 Å². The number of unbranched alkanes of at least 4 members (excludes halogenated alkanes) is 1. The number of hydrogen-bond donors (Lipinski definition) is 1. The average molecular weight is 480 g/mol. The van der Waals surface area contributed by atoms with E-state index in [2.05, 4.69) is 23.7 Å². The second-order valence-electron chi connectivity index (χ2n) is 8.81. The first-order valence-electron chi connectivity index (χ1n) is 12.0. The maximum absolute atomic E-state index is 14.1. The SMILES string of the molecule is COCCCCn1c(C(=O)N(C(C)C)[C@@H]2CCCNC2)c(Cl)c2cccc(OCCOC)c21. The van der Waals surface area contributed by atoms with Crippen LogP contribution in [0.3, 0.4) is 0 Å². The Bertz CT molecular complexity index is 909. The van der Waals surface area contributed by atoms with E-state index in [0.717, 1.165) is 49.7 Å². The van der Waals surface area contributed by atoms with Gasteiger partial charge in [0, 0.05) is 51.4 Å². The fourth-order valence-corrected chi connectivity index (χ4v) is 4.99. The van der Waals surface area contributed by atoms with Crippen LogP contribution in [0.15, 0.2) is 18.2 Å². The molecule has 0 saturated carbocycles. The number of fused-ring (bicyclic) bond motifs is 1. The first kappa shape index (κ1) is 25.8. The predicted molar refractivity (Wildman–Crippen MR) is 133 cm³/mol. The van der Waals surface area contributed by atoms with Crippen molar-refractivity contribution in [2.24, 2.45) is 0 Å². The van der Waals surface area contributed by atoms with E-state index in [1.165, 1.54) is 0 Å². The van der Waals surface area contributed by atoms with Gasteiger partial charge >= 0.3 is 0 Å². The highest BCUT2D eigenvalue weighted by molar-refractivity contribution is 6.39. The van der Waals surface area contributed by atoms with Crippen molar-refractivity contribution in [3.8, 4) is 5.75 Å². The van der Waals surface area contributed by atoms with Gasteiger partial charge in [-0.25, -0.2) is 0 Å². The number of ether oxygens (including phenoxy) is 3. The molecule has 2 heterocycles. The standard InChI is InChI=1S/C25H38ClN3O4/c1-18(2)29(19-9-8-12-27-17-19)25(30)24-22(26)20-10-7-11-21(33-16-15-32-4)23(20)28(24)13-5-6-14-31-3/h7,10-11,18-19,27H,5-6,8-9,12-17H2,1-4H3/t19-/m1/s1. The zero-order valence-corrected chi connectivity index (χ0v) is 21.1. The van der Waals surface area contributed by atoms with Crippen molar-refractivity contribution in [1.29, 1.82) is 0 Å². The van der Waals surface area contributed by atoms with E-state index >= 15 is 0 Å². The summed E-state index contributed by atoms with van der Waals surface area (Å²) in [6.45, 7) is 8.21. The van der Waals surface area contributed by atoms with E-state index in [-0.39, 0.29) is 18.0 Å². The van der Waals surface area contributed by atoms with E-state index in [0.29, 0.717) is 42.8 Å². The molecule has 184 valence electrons. The minimum absolute atomic E-state index is 0.0190. The summed E-state index contributed by atoms with van der Waals surface area (Å²) in [6, 6.07) is 6.03. The molecule has 3 rings (SSSR count). The van der Waals surface area contributed by atoms with E-state index in [1.54, 1.807) is 14.2 Å². The Labute approximate surface area is 202 Å². The summed E-state index contributed by atoms with van der Waals surface area (Å²) in [5.74, 6) is 0.696. The lowest BCUT2D eigenvalue weighted by atomic mass is 10.0. The highest BCUT2D eigenvalue weighted by atomic mass is 35.5. The fourth-order valence-electron chi connectivity index (χ4n) is 4.65. The molecule has 0 spiro atoms. The minimum atomic E-state index is -0.0190. The van der Waals surface area contributed by atoms with E-state index in [1.807, 2.05) is 23.1 Å². The van der Waals surface area contributed by atoms with Gasteiger partial charge in [-0.2, -0.15) is 0 Å². The number of piperidine rings is 1. The smallest absolute Gasteiger partial charge is 0.272 e. The number of carbonyl (C=O) groups excluding carboxylic acids is 1. The molecule has 7 nitrogen and oxygen atoms in total. The summed E-state index contributed by atoms with van der Waals surface area (Å²) in [5, 5.41) is 4.77. The zero-order valence-electron chi connectivity index (χ0n) is 20.4. The molecule has 33 heavy (non-hydrogen) atoms. The lowest BCUT2D eigenvalue weighted by molar-refractivity contribution is 0.0562. The molecule has 0 unspecified atom stereocenters. The molecule has 0 bridgehead atoms. The fraction of sp³-hybridized carbons (Fsp3) is 0.640. The van der Waals surface area contributed by atoms with Gasteiger partial charge in [0.1, 0.15) is 18.1 Å². The third kappa shape index (κ3) is 6.01. The normalized spacial score (nSPS) is 16.5. The summed E-state index contributed by atoms with van der Waals surface area (Å²) in [7, 11) is 3.36. The summed E-state index contributed by atoms with van der Waals surface area (Å²) >= 11 is 6.93. The maximum atomic E-state index is 14.1. The molecule has 1 aliphatic heterocycles. The van der Waals surface area contributed by atoms with E-state index < -0.39 is 0 Å². The highest BCUT2D eigenvalue weighted by Gasteiger charge is 2.33. The monoisotopic (exact) mass is 479 g/mol. The quantitative estimate of drug-likeness (QED) is 0.458. The number of hydrogen-bond acceptors (Lipinski definition) is 5. The lowest BCUT2D eigenvalue weighted by Gasteiger charge is -2.38. The topological polar surface area (TPSA) is 65.0 Å². The number of aromatic nitrogens is 1. The van der Waals surface area contributed by atoms with Crippen molar-refractivity contribution in [2.45, 2.75) is 58.2 Å². The number of aryl methyl sites for hydroxylation is 1. The number of carbonyl (C=O) groups is 1. The van der Waals surface area contributed by atoms with Gasteiger partial charge in [0.15, 0.2) is 0 Å². The first-order valence-corrected chi connectivity index (χ1v) is 12.3. The van der Waals surface area contributed by atoms with Gasteiger partial charge in [-0.1, -0.05) is 23.7 Å². The van der Waals surface area contributed by atoms with Crippen LogP contribution in [0.25, 0.3) is 10.9 Å². The van der Waals surface area contributed by atoms with Gasteiger partial charge < -0.3 is 29.0 Å². The number of benzene rings is 1. The van der Waals surface area contributed by atoms with Crippen LogP contribution in [-0.2, 0) is 16.0 Å². The first-order chi connectivity index (χ1) is 16.0. The van der Waals surface area contributed by atoms with Crippen LogP contribution in [0.5, 0.6) is 5.75 Å². The number of nitrogens with one attached hydrogen (secondary N) is 1. The molecule has 2 aromatic rings. The number of rotatable bonds is 12. The third-order valence-corrected chi connectivity index (χ3v) is 6.55. The summed E-state index contributed by atoms with van der Waals surface area (Å²) in [5.41, 5.74) is 1.41. The lowest BCUT2D eigenvalue weighted by Crippen LogP contribution is -2.52. The van der Waals surface area contributed by atoms with Gasteiger partial charge in [0.25, 0.3) is 5.91 Å². The van der Waals surface area contributed by atoms with Gasteiger partial charge in [0.2, 0.25) is 0 Å². The molecule has 0 radical (unpaired) electrons. The molecule has 8 heteroatoms. The third-order valence-electron chi connectivity index (χ3n) is 6.17. The molecule has 1 saturated heterocycles. The average Bonchev–Trinajstić information content (AvgIpc) is 3.10. The van der Waals surface area contributed by atoms with Crippen LogP contribution in [0.4, 0.5) is 0 Å². The summed E-state index contributed by atoms with van der Waals surface area (Å²) < 4.78 is 18.5. The second-order valence-corrected chi connectivity index (χ2v) is 9.19. The molecular formula is C25H38ClN3O4. The second kappa shape index (κ2) is 12.6. The molecular weight excluding hydrogens is 442 g/mol. The molecule has 1 aliphatic rings. The van der Waals surface area contributed by atoms with Gasteiger partial charge in [0.05, 0.1) is 17.1 Å². The van der Waals surface area contributed by atoms with Gasteiger partial charge in [-0.3, -0.25) is 4.79 Å². The Hall–Kier alpha value is -1.80. The van der Waals surface area contributed by atoms with Crippen molar-refractivity contribution < 1.29 is 19.0 Å². The Morgan fingerprint density at radius 1 is 1.21 bits per heavy atom. The minimum Gasteiger partial charge on any atom is -0.489 e. The molecule has 1 aromatic carbocycles. The molecule has 0 aliphatic carbocycles. The van der Waals surface area contributed by atoms with Crippen molar-refractivity contribution >= 4 is 28.4 Å². The van der Waals surface area contributed by atoms with Crippen LogP contribution < -0.4 is 10.1 Å². The zero-order chi connectivity index (χ0) is 23.8. The van der Waals surface area contributed by atoms with Crippen molar-refractivity contribution in [3.05, 3.63) is 28.9 Å². The molecule has 1 aromatic heterocycles. The molecule has 1 N–H and O–H groups in total. The number of halogens is 1. The largest absolute Gasteiger partial charge is 0.489 e. The Balaban J connectivity index is 2.06. The molecule has 1 atom stereocenters. The molecule has 1 fully saturated rings. The Morgan fingerprint density at radius 2 is 2.00 bits per heavy atom. The van der Waals surface area contributed by atoms with Crippen molar-refractivity contribution in [2.75, 3.05) is 47.1 Å². The van der Waals surface area contributed by atoms with Crippen LogP contribution in [0.1, 0.15) is 50.0 Å². The van der Waals surface area contributed by atoms with Gasteiger partial charge in [-0.15, -0.1) is 0 Å². The van der Waals surface area contributed by atoms with E-state index in [4.69, 9.17) is 25.8 Å². The van der Waals surface area contributed by atoms with Crippen LogP contribution >= 0.6 is 11.6 Å². The van der Waals surface area contributed by atoms with Gasteiger partial charge in [-0.05, 0) is 52.1 Å².